The molecular weight excluding hydrogens is 420 g/mol. The highest BCUT2D eigenvalue weighted by Crippen LogP contribution is 2.23. The molecule has 0 atom stereocenters. The highest BCUT2D eigenvalue weighted by molar-refractivity contribution is 9.10. The zero-order chi connectivity index (χ0) is 18.8. The Balaban J connectivity index is 1.76. The number of amides is 1. The van der Waals surface area contributed by atoms with E-state index in [0.717, 1.165) is 16.5 Å². The van der Waals surface area contributed by atoms with Crippen LogP contribution in [0.15, 0.2) is 46.9 Å². The van der Waals surface area contributed by atoms with E-state index in [0.29, 0.717) is 27.3 Å². The van der Waals surface area contributed by atoms with Gasteiger partial charge >= 0.3 is 5.97 Å². The molecule has 7 heteroatoms. The van der Waals surface area contributed by atoms with Gasteiger partial charge in [0.2, 0.25) is 0 Å². The number of nitrogens with zero attached hydrogens (tertiary/aromatic N) is 1. The molecule has 26 heavy (non-hydrogen) atoms. The van der Waals surface area contributed by atoms with Crippen LogP contribution < -0.4 is 5.32 Å². The van der Waals surface area contributed by atoms with E-state index in [4.69, 9.17) is 16.3 Å². The molecule has 0 aliphatic carbocycles. The third-order valence-corrected chi connectivity index (χ3v) is 5.02. The first-order valence-electron chi connectivity index (χ1n) is 7.80. The first-order valence-corrected chi connectivity index (χ1v) is 8.97. The topological polar surface area (TPSA) is 60.3 Å². The summed E-state index contributed by atoms with van der Waals surface area (Å²) in [6.07, 6.45) is 0. The summed E-state index contributed by atoms with van der Waals surface area (Å²) in [5.74, 6) is -0.602. The van der Waals surface area contributed by atoms with E-state index in [1.807, 2.05) is 29.8 Å². The smallest absolute Gasteiger partial charge is 0.339 e. The summed E-state index contributed by atoms with van der Waals surface area (Å²) in [5.41, 5.74) is 2.74. The number of methoxy groups -OCH3 is 1. The standard InChI is InChI=1S/C19H16BrClN2O3/c1-23-16-9-13(21)5-4-12(16)8-17(23)18(24)22-10-11-3-6-14(15(20)7-11)19(25)26-2/h3-9H,10H2,1-2H3,(H,22,24). The number of aryl methyl sites for hydroxylation is 1. The minimum absolute atomic E-state index is 0.187. The number of benzene rings is 2. The fraction of sp³-hybridized carbons (Fsp3) is 0.158. The number of ether oxygens (including phenoxy) is 1. The van der Waals surface area contributed by atoms with Crippen LogP contribution in [-0.2, 0) is 18.3 Å². The molecule has 0 aliphatic rings. The van der Waals surface area contributed by atoms with E-state index in [1.54, 1.807) is 24.3 Å². The number of hydrogen-bond donors (Lipinski definition) is 1. The number of nitrogens with one attached hydrogen (secondary N) is 1. The Morgan fingerprint density at radius 1 is 1.19 bits per heavy atom. The predicted octanol–water partition coefficient (Wildman–Crippen LogP) is 4.31. The molecule has 134 valence electrons. The number of aromatic nitrogens is 1. The molecule has 0 spiro atoms. The molecule has 0 saturated carbocycles. The lowest BCUT2D eigenvalue weighted by atomic mass is 10.1. The normalized spacial score (nSPS) is 10.8. The maximum absolute atomic E-state index is 12.5. The van der Waals surface area contributed by atoms with Gasteiger partial charge < -0.3 is 14.6 Å². The van der Waals surface area contributed by atoms with Crippen LogP contribution in [-0.4, -0.2) is 23.6 Å². The van der Waals surface area contributed by atoms with E-state index >= 15 is 0 Å². The Kier molecular flexibility index (Phi) is 5.34. The van der Waals surface area contributed by atoms with Crippen LogP contribution in [0.4, 0.5) is 0 Å². The third kappa shape index (κ3) is 3.61. The van der Waals surface area contributed by atoms with Gasteiger partial charge in [-0.25, -0.2) is 4.79 Å². The lowest BCUT2D eigenvalue weighted by molar-refractivity contribution is 0.0599. The Labute approximate surface area is 164 Å². The maximum atomic E-state index is 12.5. The summed E-state index contributed by atoms with van der Waals surface area (Å²) in [4.78, 5) is 24.2. The first kappa shape index (κ1) is 18.5. The van der Waals surface area contributed by atoms with Crippen LogP contribution in [0.25, 0.3) is 10.9 Å². The molecule has 1 aromatic heterocycles. The van der Waals surface area contributed by atoms with E-state index in [2.05, 4.69) is 21.2 Å². The van der Waals surface area contributed by atoms with Gasteiger partial charge in [-0.3, -0.25) is 4.79 Å². The van der Waals surface area contributed by atoms with Crippen LogP contribution in [0.2, 0.25) is 5.02 Å². The first-order chi connectivity index (χ1) is 12.4. The van der Waals surface area contributed by atoms with Crippen LogP contribution in [0, 0.1) is 0 Å². The second-order valence-corrected chi connectivity index (χ2v) is 7.07. The molecule has 0 saturated heterocycles. The van der Waals surface area contributed by atoms with Gasteiger partial charge in [-0.1, -0.05) is 23.7 Å². The molecule has 3 aromatic rings. The SMILES string of the molecule is COC(=O)c1ccc(CNC(=O)c2cc3ccc(Cl)cc3n2C)cc1Br. The van der Waals surface area contributed by atoms with E-state index < -0.39 is 5.97 Å². The summed E-state index contributed by atoms with van der Waals surface area (Å²) in [7, 11) is 3.16. The van der Waals surface area contributed by atoms with Crippen molar-refractivity contribution in [3.8, 4) is 0 Å². The van der Waals surface area contributed by atoms with E-state index in [9.17, 15) is 9.59 Å². The zero-order valence-electron chi connectivity index (χ0n) is 14.2. The molecule has 0 bridgehead atoms. The van der Waals surface area contributed by atoms with E-state index in [-0.39, 0.29) is 5.91 Å². The molecule has 0 fully saturated rings. The molecule has 2 aromatic carbocycles. The molecule has 5 nitrogen and oxygen atoms in total. The molecule has 1 amide bonds. The second-order valence-electron chi connectivity index (χ2n) is 5.78. The number of halogens is 2. The van der Waals surface area contributed by atoms with Crippen molar-refractivity contribution in [1.29, 1.82) is 0 Å². The quantitative estimate of drug-likeness (QED) is 0.621. The maximum Gasteiger partial charge on any atom is 0.339 e. The molecule has 0 radical (unpaired) electrons. The number of esters is 1. The Morgan fingerprint density at radius 2 is 1.96 bits per heavy atom. The lowest BCUT2D eigenvalue weighted by Crippen LogP contribution is -2.24. The predicted molar refractivity (Wildman–Crippen MR) is 105 cm³/mol. The van der Waals surface area contributed by atoms with Crippen molar-refractivity contribution in [2.75, 3.05) is 7.11 Å². The minimum Gasteiger partial charge on any atom is -0.465 e. The fourth-order valence-corrected chi connectivity index (χ4v) is 3.49. The zero-order valence-corrected chi connectivity index (χ0v) is 16.5. The molecule has 1 heterocycles. The molecule has 0 unspecified atom stereocenters. The molecular formula is C19H16BrClN2O3. The minimum atomic E-state index is -0.415. The molecule has 3 rings (SSSR count). The highest BCUT2D eigenvalue weighted by Gasteiger charge is 2.14. The number of carbonyl (C=O) groups excluding carboxylic acids is 2. The van der Waals surface area contributed by atoms with Gasteiger partial charge in [0, 0.05) is 34.0 Å². The fourth-order valence-electron chi connectivity index (χ4n) is 2.74. The van der Waals surface area contributed by atoms with Crippen molar-refractivity contribution in [1.82, 2.24) is 9.88 Å². The lowest BCUT2D eigenvalue weighted by Gasteiger charge is -2.09. The van der Waals surface area contributed by atoms with Gasteiger partial charge in [0.15, 0.2) is 0 Å². The summed E-state index contributed by atoms with van der Waals surface area (Å²) in [6.45, 7) is 0.334. The van der Waals surface area contributed by atoms with Crippen LogP contribution in [0.1, 0.15) is 26.4 Å². The Bertz CT molecular complexity index is 1010. The summed E-state index contributed by atoms with van der Waals surface area (Å²) < 4.78 is 7.15. The largest absolute Gasteiger partial charge is 0.465 e. The third-order valence-electron chi connectivity index (χ3n) is 4.13. The van der Waals surface area contributed by atoms with E-state index in [1.165, 1.54) is 7.11 Å². The van der Waals surface area contributed by atoms with Crippen molar-refractivity contribution in [2.45, 2.75) is 6.54 Å². The average molecular weight is 436 g/mol. The summed E-state index contributed by atoms with van der Waals surface area (Å²) in [6, 6.07) is 12.6. The van der Waals surface area contributed by atoms with Crippen molar-refractivity contribution >= 4 is 50.3 Å². The van der Waals surface area contributed by atoms with Crippen LogP contribution in [0.5, 0.6) is 0 Å². The number of hydrogen-bond acceptors (Lipinski definition) is 3. The Hall–Kier alpha value is -2.31. The highest BCUT2D eigenvalue weighted by atomic mass is 79.9. The van der Waals surface area contributed by atoms with Crippen LogP contribution >= 0.6 is 27.5 Å². The number of fused-ring (bicyclic) bond motifs is 1. The van der Waals surface area contributed by atoms with Crippen LogP contribution in [0.3, 0.4) is 0 Å². The van der Waals surface area contributed by atoms with Gasteiger partial charge in [-0.05, 0) is 51.8 Å². The van der Waals surface area contributed by atoms with Gasteiger partial charge in [0.25, 0.3) is 5.91 Å². The van der Waals surface area contributed by atoms with Crippen molar-refractivity contribution in [3.63, 3.8) is 0 Å². The van der Waals surface area contributed by atoms with Gasteiger partial charge in [0.1, 0.15) is 5.69 Å². The Morgan fingerprint density at radius 3 is 2.65 bits per heavy atom. The van der Waals surface area contributed by atoms with Crippen molar-refractivity contribution in [2.24, 2.45) is 7.05 Å². The number of carbonyl (C=O) groups is 2. The summed E-state index contributed by atoms with van der Waals surface area (Å²) in [5, 5.41) is 4.47. The van der Waals surface area contributed by atoms with Gasteiger partial charge in [-0.2, -0.15) is 0 Å². The van der Waals surface area contributed by atoms with Gasteiger partial charge in [-0.15, -0.1) is 0 Å². The molecule has 0 aliphatic heterocycles. The monoisotopic (exact) mass is 434 g/mol. The average Bonchev–Trinajstić information content (AvgIpc) is 2.95. The molecule has 1 N–H and O–H groups in total. The van der Waals surface area contributed by atoms with Crippen molar-refractivity contribution < 1.29 is 14.3 Å². The summed E-state index contributed by atoms with van der Waals surface area (Å²) >= 11 is 9.38. The number of rotatable bonds is 4. The second kappa shape index (κ2) is 7.51. The van der Waals surface area contributed by atoms with Gasteiger partial charge in [0.05, 0.1) is 12.7 Å². The van der Waals surface area contributed by atoms with Crippen molar-refractivity contribution in [3.05, 3.63) is 68.8 Å².